The van der Waals surface area contributed by atoms with Gasteiger partial charge in [-0.25, -0.2) is 12.8 Å². The molecule has 1 N–H and O–H groups in total. The van der Waals surface area contributed by atoms with Crippen molar-refractivity contribution in [2.75, 3.05) is 6.26 Å². The first-order chi connectivity index (χ1) is 9.70. The lowest BCUT2D eigenvalue weighted by atomic mass is 9.95. The highest BCUT2D eigenvalue weighted by Gasteiger charge is 2.18. The molecule has 0 aliphatic rings. The molecule has 2 rings (SSSR count). The maximum absolute atomic E-state index is 14.1. The highest BCUT2D eigenvalue weighted by atomic mass is 32.2. The summed E-state index contributed by atoms with van der Waals surface area (Å²) in [6.45, 7) is 3.52. The standard InChI is InChI=1S/C16H17FO3S/c1-10-8-11(2)15(14(17)9-10)16(18)12-4-6-13(7-5-12)21(3,19)20/h4-9,16,18H,1-3H3. The lowest BCUT2D eigenvalue weighted by Gasteiger charge is -2.16. The fourth-order valence-electron chi connectivity index (χ4n) is 2.34. The van der Waals surface area contributed by atoms with Crippen LogP contribution in [0.25, 0.3) is 0 Å². The predicted octanol–water partition coefficient (Wildman–Crippen LogP) is 2.93. The Morgan fingerprint density at radius 2 is 1.67 bits per heavy atom. The average Bonchev–Trinajstić information content (AvgIpc) is 2.36. The maximum Gasteiger partial charge on any atom is 0.175 e. The van der Waals surface area contributed by atoms with Crippen LogP contribution in [0.3, 0.4) is 0 Å². The van der Waals surface area contributed by atoms with Gasteiger partial charge in [0.25, 0.3) is 0 Å². The minimum atomic E-state index is -3.29. The van der Waals surface area contributed by atoms with E-state index in [1.165, 1.54) is 30.3 Å². The summed E-state index contributed by atoms with van der Waals surface area (Å²) in [6, 6.07) is 8.99. The molecule has 112 valence electrons. The van der Waals surface area contributed by atoms with E-state index in [1.807, 2.05) is 0 Å². The van der Waals surface area contributed by atoms with Crippen LogP contribution in [-0.2, 0) is 9.84 Å². The number of rotatable bonds is 3. The first-order valence-electron chi connectivity index (χ1n) is 6.45. The molecular weight excluding hydrogens is 291 g/mol. The van der Waals surface area contributed by atoms with Crippen LogP contribution in [0.1, 0.15) is 28.4 Å². The van der Waals surface area contributed by atoms with Gasteiger partial charge < -0.3 is 5.11 Å². The molecule has 3 nitrogen and oxygen atoms in total. The summed E-state index contributed by atoms with van der Waals surface area (Å²) in [4.78, 5) is 0.166. The summed E-state index contributed by atoms with van der Waals surface area (Å²) in [6.07, 6.45) is -0.0124. The molecule has 1 unspecified atom stereocenters. The zero-order valence-corrected chi connectivity index (χ0v) is 12.9. The molecule has 0 radical (unpaired) electrons. The number of aryl methyl sites for hydroxylation is 2. The minimum Gasteiger partial charge on any atom is -0.384 e. The highest BCUT2D eigenvalue weighted by molar-refractivity contribution is 7.90. The van der Waals surface area contributed by atoms with Gasteiger partial charge in [-0.05, 0) is 48.7 Å². The quantitative estimate of drug-likeness (QED) is 0.948. The zero-order valence-electron chi connectivity index (χ0n) is 12.1. The smallest absolute Gasteiger partial charge is 0.175 e. The molecule has 0 spiro atoms. The van der Waals surface area contributed by atoms with Gasteiger partial charge in [0.05, 0.1) is 4.90 Å². The monoisotopic (exact) mass is 308 g/mol. The Labute approximate surface area is 124 Å². The van der Waals surface area contributed by atoms with Crippen molar-refractivity contribution in [3.05, 3.63) is 64.5 Å². The molecule has 2 aromatic carbocycles. The Balaban J connectivity index is 2.44. The van der Waals surface area contributed by atoms with Crippen molar-refractivity contribution < 1.29 is 17.9 Å². The lowest BCUT2D eigenvalue weighted by Crippen LogP contribution is -2.06. The Kier molecular flexibility index (Phi) is 4.16. The van der Waals surface area contributed by atoms with Crippen molar-refractivity contribution in [1.29, 1.82) is 0 Å². The van der Waals surface area contributed by atoms with Gasteiger partial charge in [0, 0.05) is 11.8 Å². The lowest BCUT2D eigenvalue weighted by molar-refractivity contribution is 0.214. The second-order valence-electron chi connectivity index (χ2n) is 5.22. The fraction of sp³-hybridized carbons (Fsp3) is 0.250. The largest absolute Gasteiger partial charge is 0.384 e. The second kappa shape index (κ2) is 5.58. The molecule has 0 fully saturated rings. The molecule has 0 bridgehead atoms. The molecule has 1 atom stereocenters. The number of halogens is 1. The highest BCUT2D eigenvalue weighted by Crippen LogP contribution is 2.28. The Morgan fingerprint density at radius 3 is 2.14 bits per heavy atom. The first kappa shape index (κ1) is 15.7. The van der Waals surface area contributed by atoms with E-state index in [4.69, 9.17) is 0 Å². The number of benzene rings is 2. The van der Waals surface area contributed by atoms with Gasteiger partial charge in [-0.2, -0.15) is 0 Å². The van der Waals surface area contributed by atoms with Crippen LogP contribution in [0.15, 0.2) is 41.3 Å². The van der Waals surface area contributed by atoms with Crippen molar-refractivity contribution in [2.45, 2.75) is 24.8 Å². The topological polar surface area (TPSA) is 54.4 Å². The number of sulfone groups is 1. The van der Waals surface area contributed by atoms with Crippen molar-refractivity contribution in [3.8, 4) is 0 Å². The van der Waals surface area contributed by atoms with Crippen molar-refractivity contribution in [1.82, 2.24) is 0 Å². The van der Waals surface area contributed by atoms with E-state index in [0.717, 1.165) is 11.8 Å². The van der Waals surface area contributed by atoms with E-state index in [9.17, 15) is 17.9 Å². The SMILES string of the molecule is Cc1cc(C)c(C(O)c2ccc(S(C)(=O)=O)cc2)c(F)c1. The van der Waals surface area contributed by atoms with Crippen LogP contribution in [0.2, 0.25) is 0 Å². The van der Waals surface area contributed by atoms with E-state index in [2.05, 4.69) is 0 Å². The van der Waals surface area contributed by atoms with Crippen molar-refractivity contribution in [3.63, 3.8) is 0 Å². The minimum absolute atomic E-state index is 0.166. The Bertz CT molecular complexity index is 742. The van der Waals surface area contributed by atoms with E-state index in [1.54, 1.807) is 19.9 Å². The van der Waals surface area contributed by atoms with E-state index in [-0.39, 0.29) is 10.5 Å². The van der Waals surface area contributed by atoms with E-state index in [0.29, 0.717) is 11.1 Å². The third-order valence-electron chi connectivity index (χ3n) is 3.38. The maximum atomic E-state index is 14.1. The third-order valence-corrected chi connectivity index (χ3v) is 4.51. The van der Waals surface area contributed by atoms with E-state index < -0.39 is 21.8 Å². The second-order valence-corrected chi connectivity index (χ2v) is 7.24. The summed E-state index contributed by atoms with van der Waals surface area (Å²) < 4.78 is 36.9. The molecule has 0 amide bonds. The molecule has 0 saturated carbocycles. The summed E-state index contributed by atoms with van der Waals surface area (Å²) in [5, 5.41) is 10.3. The van der Waals surface area contributed by atoms with Gasteiger partial charge >= 0.3 is 0 Å². The molecule has 0 aliphatic carbocycles. The fourth-order valence-corrected chi connectivity index (χ4v) is 2.97. The number of aliphatic hydroxyl groups excluding tert-OH is 1. The van der Waals surface area contributed by atoms with Crippen LogP contribution in [0, 0.1) is 19.7 Å². The van der Waals surface area contributed by atoms with Gasteiger partial charge in [-0.3, -0.25) is 0 Å². The normalized spacial score (nSPS) is 13.2. The first-order valence-corrected chi connectivity index (χ1v) is 8.34. The molecule has 0 saturated heterocycles. The number of hydrogen-bond donors (Lipinski definition) is 1. The summed E-state index contributed by atoms with van der Waals surface area (Å²) in [5.41, 5.74) is 2.11. The summed E-state index contributed by atoms with van der Waals surface area (Å²) >= 11 is 0. The van der Waals surface area contributed by atoms with E-state index >= 15 is 0 Å². The summed E-state index contributed by atoms with van der Waals surface area (Å²) in [5.74, 6) is -0.466. The van der Waals surface area contributed by atoms with Crippen LogP contribution < -0.4 is 0 Å². The molecule has 21 heavy (non-hydrogen) atoms. The van der Waals surface area contributed by atoms with Gasteiger partial charge in [0.2, 0.25) is 0 Å². The Morgan fingerprint density at radius 1 is 1.10 bits per heavy atom. The molecule has 0 aliphatic heterocycles. The summed E-state index contributed by atoms with van der Waals surface area (Å²) in [7, 11) is -3.29. The van der Waals surface area contributed by atoms with Gasteiger partial charge in [0.15, 0.2) is 9.84 Å². The average molecular weight is 308 g/mol. The molecule has 0 heterocycles. The molecule has 2 aromatic rings. The molecular formula is C16H17FO3S. The third kappa shape index (κ3) is 3.31. The van der Waals surface area contributed by atoms with Crippen LogP contribution in [0.5, 0.6) is 0 Å². The van der Waals surface area contributed by atoms with Crippen molar-refractivity contribution in [2.24, 2.45) is 0 Å². The van der Waals surface area contributed by atoms with Crippen molar-refractivity contribution >= 4 is 9.84 Å². The van der Waals surface area contributed by atoms with Crippen LogP contribution in [0.4, 0.5) is 4.39 Å². The van der Waals surface area contributed by atoms with Gasteiger partial charge in [0.1, 0.15) is 11.9 Å². The van der Waals surface area contributed by atoms with Gasteiger partial charge in [-0.1, -0.05) is 18.2 Å². The van der Waals surface area contributed by atoms with Crippen LogP contribution >= 0.6 is 0 Å². The predicted molar refractivity (Wildman–Crippen MR) is 79.5 cm³/mol. The zero-order chi connectivity index (χ0) is 15.8. The number of aliphatic hydroxyl groups is 1. The molecule has 0 aromatic heterocycles. The van der Waals surface area contributed by atoms with Crippen LogP contribution in [-0.4, -0.2) is 19.8 Å². The number of hydrogen-bond acceptors (Lipinski definition) is 3. The molecule has 5 heteroatoms. The Hall–Kier alpha value is -1.72. The van der Waals surface area contributed by atoms with Gasteiger partial charge in [-0.15, -0.1) is 0 Å².